The number of aryl methyl sites for hydroxylation is 1. The lowest BCUT2D eigenvalue weighted by atomic mass is 9.96. The van der Waals surface area contributed by atoms with E-state index < -0.39 is 0 Å². The van der Waals surface area contributed by atoms with Crippen LogP contribution in [0, 0.1) is 6.92 Å². The van der Waals surface area contributed by atoms with Crippen molar-refractivity contribution < 1.29 is 0 Å². The quantitative estimate of drug-likeness (QED) is 0.731. The predicted octanol–water partition coefficient (Wildman–Crippen LogP) is 3.99. The summed E-state index contributed by atoms with van der Waals surface area (Å²) in [5, 5.41) is 1.39. The topological polar surface area (TPSA) is 15.8 Å². The lowest BCUT2D eigenvalue weighted by molar-refractivity contribution is 0.733. The van der Waals surface area contributed by atoms with Crippen LogP contribution in [0.25, 0.3) is 10.9 Å². The third-order valence-corrected chi connectivity index (χ3v) is 3.05. The van der Waals surface area contributed by atoms with Crippen LogP contribution in [0.2, 0.25) is 0 Å². The molecule has 74 valence electrons. The van der Waals surface area contributed by atoms with Crippen molar-refractivity contribution in [1.82, 2.24) is 4.98 Å². The second kappa shape index (κ2) is 3.49. The third-order valence-electron chi connectivity index (χ3n) is 3.05. The van der Waals surface area contributed by atoms with E-state index >= 15 is 0 Å². The number of aromatic amines is 1. The first-order valence-electron chi connectivity index (χ1n) is 5.31. The van der Waals surface area contributed by atoms with Crippen LogP contribution in [0.3, 0.4) is 0 Å². The van der Waals surface area contributed by atoms with Crippen molar-refractivity contribution >= 4 is 10.9 Å². The first kappa shape index (κ1) is 9.32. The van der Waals surface area contributed by atoms with Gasteiger partial charge in [-0.25, -0.2) is 0 Å². The van der Waals surface area contributed by atoms with Crippen molar-refractivity contribution in [1.29, 1.82) is 0 Å². The van der Waals surface area contributed by atoms with Crippen LogP contribution in [0.15, 0.2) is 24.3 Å². The summed E-state index contributed by atoms with van der Waals surface area (Å²) in [7, 11) is 0. The Morgan fingerprint density at radius 3 is 2.71 bits per heavy atom. The van der Waals surface area contributed by atoms with Gasteiger partial charge in [0.1, 0.15) is 0 Å². The highest BCUT2D eigenvalue weighted by Gasteiger charge is 2.12. The van der Waals surface area contributed by atoms with Gasteiger partial charge in [0.05, 0.1) is 0 Å². The zero-order chi connectivity index (χ0) is 10.1. The van der Waals surface area contributed by atoms with Crippen LogP contribution in [0.4, 0.5) is 0 Å². The zero-order valence-corrected chi connectivity index (χ0v) is 9.09. The van der Waals surface area contributed by atoms with Gasteiger partial charge < -0.3 is 4.98 Å². The van der Waals surface area contributed by atoms with Gasteiger partial charge >= 0.3 is 0 Å². The molecule has 1 heteroatoms. The number of rotatable bonds is 2. The fraction of sp³-hybridized carbons (Fsp3) is 0.385. The van der Waals surface area contributed by atoms with E-state index in [1.807, 2.05) is 0 Å². The summed E-state index contributed by atoms with van der Waals surface area (Å²) in [6, 6.07) is 8.55. The lowest BCUT2D eigenvalue weighted by Gasteiger charge is -2.08. The number of para-hydroxylation sites is 1. The molecule has 0 saturated carbocycles. The lowest BCUT2D eigenvalue weighted by Crippen LogP contribution is -1.92. The molecule has 0 radical (unpaired) electrons. The average molecular weight is 187 g/mol. The van der Waals surface area contributed by atoms with E-state index in [9.17, 15) is 0 Å². The number of aromatic nitrogens is 1. The molecule has 0 saturated heterocycles. The molecule has 0 aliphatic rings. The summed E-state index contributed by atoms with van der Waals surface area (Å²) >= 11 is 0. The SMILES string of the molecule is CCC(C)c1c(C)[nH]c2ccccc12. The molecule has 14 heavy (non-hydrogen) atoms. The van der Waals surface area contributed by atoms with E-state index in [0.29, 0.717) is 5.92 Å². The van der Waals surface area contributed by atoms with E-state index in [-0.39, 0.29) is 0 Å². The molecule has 1 aromatic heterocycles. The van der Waals surface area contributed by atoms with E-state index in [1.165, 1.54) is 28.6 Å². The Morgan fingerprint density at radius 1 is 1.29 bits per heavy atom. The fourth-order valence-corrected chi connectivity index (χ4v) is 2.14. The highest BCUT2D eigenvalue weighted by molar-refractivity contribution is 5.85. The minimum absolute atomic E-state index is 0.645. The number of fused-ring (bicyclic) bond motifs is 1. The molecule has 1 nitrogen and oxygen atoms in total. The molecule has 1 N–H and O–H groups in total. The van der Waals surface area contributed by atoms with Gasteiger partial charge in [-0.2, -0.15) is 0 Å². The number of hydrogen-bond acceptors (Lipinski definition) is 0. The van der Waals surface area contributed by atoms with Crippen LogP contribution in [-0.4, -0.2) is 4.98 Å². The van der Waals surface area contributed by atoms with Crippen LogP contribution in [0.1, 0.15) is 37.4 Å². The number of hydrogen-bond donors (Lipinski definition) is 1. The van der Waals surface area contributed by atoms with Crippen molar-refractivity contribution in [3.8, 4) is 0 Å². The Hall–Kier alpha value is -1.24. The highest BCUT2D eigenvalue weighted by Crippen LogP contribution is 2.30. The monoisotopic (exact) mass is 187 g/mol. The van der Waals surface area contributed by atoms with Crippen molar-refractivity contribution in [2.75, 3.05) is 0 Å². The van der Waals surface area contributed by atoms with Gasteiger partial charge in [-0.05, 0) is 30.9 Å². The summed E-state index contributed by atoms with van der Waals surface area (Å²) in [4.78, 5) is 3.44. The smallest absolute Gasteiger partial charge is 0.0458 e. The van der Waals surface area contributed by atoms with E-state index in [4.69, 9.17) is 0 Å². The molecule has 0 aliphatic heterocycles. The highest BCUT2D eigenvalue weighted by atomic mass is 14.7. The standard InChI is InChI=1S/C13H17N/c1-4-9(2)13-10(3)14-12-8-6-5-7-11(12)13/h5-9,14H,4H2,1-3H3. The minimum Gasteiger partial charge on any atom is -0.358 e. The summed E-state index contributed by atoms with van der Waals surface area (Å²) in [6.07, 6.45) is 1.20. The Balaban J connectivity index is 2.67. The summed E-state index contributed by atoms with van der Waals surface area (Å²) in [5.41, 5.74) is 4.07. The van der Waals surface area contributed by atoms with Gasteiger partial charge in [0.25, 0.3) is 0 Å². The average Bonchev–Trinajstić information content (AvgIpc) is 2.53. The van der Waals surface area contributed by atoms with E-state index in [1.54, 1.807) is 0 Å². The maximum Gasteiger partial charge on any atom is 0.0458 e. The number of nitrogens with one attached hydrogen (secondary N) is 1. The molecule has 2 aromatic rings. The molecule has 2 rings (SSSR count). The predicted molar refractivity (Wildman–Crippen MR) is 61.7 cm³/mol. The van der Waals surface area contributed by atoms with Crippen LogP contribution < -0.4 is 0 Å². The van der Waals surface area contributed by atoms with Gasteiger partial charge in [0, 0.05) is 16.6 Å². The third kappa shape index (κ3) is 1.33. The first-order chi connectivity index (χ1) is 6.74. The molecule has 0 amide bonds. The van der Waals surface area contributed by atoms with E-state index in [0.717, 1.165) is 0 Å². The van der Waals surface area contributed by atoms with Gasteiger partial charge in [-0.3, -0.25) is 0 Å². The Kier molecular flexibility index (Phi) is 2.32. The van der Waals surface area contributed by atoms with Crippen LogP contribution in [-0.2, 0) is 0 Å². The maximum atomic E-state index is 3.44. The normalized spacial score (nSPS) is 13.4. The van der Waals surface area contributed by atoms with Crippen molar-refractivity contribution in [2.45, 2.75) is 33.1 Å². The van der Waals surface area contributed by atoms with Gasteiger partial charge in [0.2, 0.25) is 0 Å². The maximum absolute atomic E-state index is 3.44. The molecule has 0 aliphatic carbocycles. The Bertz CT molecular complexity index is 439. The molecule has 1 heterocycles. The van der Waals surface area contributed by atoms with Crippen LogP contribution in [0.5, 0.6) is 0 Å². The fourth-order valence-electron chi connectivity index (χ4n) is 2.14. The molecule has 1 atom stereocenters. The summed E-state index contributed by atoms with van der Waals surface area (Å²) in [6.45, 7) is 6.70. The largest absolute Gasteiger partial charge is 0.358 e. The number of H-pyrrole nitrogens is 1. The summed E-state index contributed by atoms with van der Waals surface area (Å²) in [5.74, 6) is 0.645. The number of benzene rings is 1. The van der Waals surface area contributed by atoms with E-state index in [2.05, 4.69) is 50.0 Å². The van der Waals surface area contributed by atoms with Gasteiger partial charge in [-0.1, -0.05) is 32.0 Å². The van der Waals surface area contributed by atoms with Gasteiger partial charge in [0.15, 0.2) is 0 Å². The molecule has 1 aromatic carbocycles. The van der Waals surface area contributed by atoms with Crippen molar-refractivity contribution in [2.24, 2.45) is 0 Å². The molecule has 0 fully saturated rings. The van der Waals surface area contributed by atoms with Crippen molar-refractivity contribution in [3.05, 3.63) is 35.5 Å². The van der Waals surface area contributed by atoms with Crippen molar-refractivity contribution in [3.63, 3.8) is 0 Å². The van der Waals surface area contributed by atoms with Gasteiger partial charge in [-0.15, -0.1) is 0 Å². The molecule has 0 spiro atoms. The molecule has 1 unspecified atom stereocenters. The van der Waals surface area contributed by atoms with Crippen LogP contribution >= 0.6 is 0 Å². The summed E-state index contributed by atoms with van der Waals surface area (Å²) < 4.78 is 0. The molecule has 0 bridgehead atoms. The zero-order valence-electron chi connectivity index (χ0n) is 9.09. The Labute approximate surface area is 85.1 Å². The molecular weight excluding hydrogens is 170 g/mol. The second-order valence-electron chi connectivity index (χ2n) is 4.02. The first-order valence-corrected chi connectivity index (χ1v) is 5.31. The molecular formula is C13H17N. The second-order valence-corrected chi connectivity index (χ2v) is 4.02. The minimum atomic E-state index is 0.645. The Morgan fingerprint density at radius 2 is 2.00 bits per heavy atom.